The van der Waals surface area contributed by atoms with Crippen molar-refractivity contribution in [1.82, 2.24) is 25.1 Å². The fraction of sp³-hybridized carbons (Fsp3) is 0.379. The second kappa shape index (κ2) is 13.7. The number of carbonyl (C=O) groups excluding carboxylic acids is 1. The van der Waals surface area contributed by atoms with Crippen LogP contribution in [0, 0.1) is 5.92 Å². The highest BCUT2D eigenvalue weighted by molar-refractivity contribution is 9.10. The lowest BCUT2D eigenvalue weighted by molar-refractivity contribution is -0.115. The van der Waals surface area contributed by atoms with Gasteiger partial charge in [-0.25, -0.2) is 9.97 Å². The summed E-state index contributed by atoms with van der Waals surface area (Å²) in [5.41, 5.74) is 2.07. The van der Waals surface area contributed by atoms with Crippen LogP contribution in [-0.2, 0) is 11.2 Å². The number of rotatable bonds is 12. The molecule has 1 fully saturated rings. The number of carbonyl (C=O) groups is 1. The number of aromatic nitrogens is 4. The Balaban J connectivity index is 1.19. The third-order valence-corrected chi connectivity index (χ3v) is 7.59. The van der Waals surface area contributed by atoms with E-state index in [4.69, 9.17) is 9.47 Å². The first-order valence-electron chi connectivity index (χ1n) is 13.7. The van der Waals surface area contributed by atoms with Crippen molar-refractivity contribution in [2.75, 3.05) is 50.6 Å². The lowest BCUT2D eigenvalue weighted by Gasteiger charge is -2.30. The normalized spacial score (nSPS) is 14.2. The highest BCUT2D eigenvalue weighted by Crippen LogP contribution is 2.34. The molecule has 1 aliphatic heterocycles. The molecule has 41 heavy (non-hydrogen) atoms. The molecule has 1 aliphatic rings. The molecule has 0 unspecified atom stereocenters. The van der Waals surface area contributed by atoms with Gasteiger partial charge in [-0.05, 0) is 62.5 Å². The average Bonchev–Trinajstić information content (AvgIpc) is 3.41. The number of amides is 1. The molecule has 216 valence electrons. The van der Waals surface area contributed by atoms with Crippen LogP contribution in [0.1, 0.15) is 25.0 Å². The van der Waals surface area contributed by atoms with Crippen LogP contribution in [0.25, 0.3) is 10.9 Å². The molecule has 3 heterocycles. The zero-order valence-corrected chi connectivity index (χ0v) is 24.5. The molecule has 0 radical (unpaired) electrons. The van der Waals surface area contributed by atoms with Crippen LogP contribution in [0.5, 0.6) is 11.5 Å². The van der Waals surface area contributed by atoms with Crippen LogP contribution in [0.4, 0.5) is 17.3 Å². The number of aliphatic hydroxyl groups excluding tert-OH is 1. The lowest BCUT2D eigenvalue weighted by atomic mass is 9.98. The molecule has 2 aromatic heterocycles. The number of aliphatic hydroxyl groups is 1. The van der Waals surface area contributed by atoms with E-state index in [2.05, 4.69) is 51.6 Å². The SMILES string of the molecule is COc1cc2c(Nc3cc(CC(=O)Nc4cccc(Br)c4)[nH]n3)ncnc2cc1OCCCN1CCC(CO)CC1. The summed E-state index contributed by atoms with van der Waals surface area (Å²) in [5, 5.41) is 23.4. The Bertz CT molecular complexity index is 1470. The van der Waals surface area contributed by atoms with Gasteiger partial charge in [-0.1, -0.05) is 22.0 Å². The number of likely N-dealkylation sites (tertiary alicyclic amines) is 1. The topological polar surface area (TPSA) is 138 Å². The van der Waals surface area contributed by atoms with E-state index >= 15 is 0 Å². The number of hydrogen-bond donors (Lipinski definition) is 4. The van der Waals surface area contributed by atoms with Crippen molar-refractivity contribution < 1.29 is 19.4 Å². The first kappa shape index (κ1) is 28.8. The van der Waals surface area contributed by atoms with Crippen molar-refractivity contribution in [3.05, 3.63) is 59.0 Å². The molecule has 4 aromatic rings. The van der Waals surface area contributed by atoms with Crippen molar-refractivity contribution in [1.29, 1.82) is 0 Å². The summed E-state index contributed by atoms with van der Waals surface area (Å²) in [5.74, 6) is 2.58. The maximum absolute atomic E-state index is 12.5. The molecule has 5 rings (SSSR count). The third kappa shape index (κ3) is 7.72. The van der Waals surface area contributed by atoms with Crippen molar-refractivity contribution >= 4 is 50.1 Å². The van der Waals surface area contributed by atoms with Crippen LogP contribution in [0.15, 0.2) is 53.3 Å². The Labute approximate surface area is 246 Å². The number of halogens is 1. The van der Waals surface area contributed by atoms with Crippen molar-refractivity contribution in [2.45, 2.75) is 25.7 Å². The van der Waals surface area contributed by atoms with Crippen molar-refractivity contribution in [3.8, 4) is 11.5 Å². The quantitative estimate of drug-likeness (QED) is 0.168. The first-order valence-corrected chi connectivity index (χ1v) is 14.5. The van der Waals surface area contributed by atoms with E-state index in [1.807, 2.05) is 36.4 Å². The number of piperidine rings is 1. The molecule has 0 spiro atoms. The summed E-state index contributed by atoms with van der Waals surface area (Å²) >= 11 is 3.41. The van der Waals surface area contributed by atoms with Gasteiger partial charge in [0.05, 0.1) is 25.7 Å². The molecule has 4 N–H and O–H groups in total. The van der Waals surface area contributed by atoms with E-state index in [0.29, 0.717) is 52.6 Å². The number of nitrogens with one attached hydrogen (secondary N) is 3. The van der Waals surface area contributed by atoms with Gasteiger partial charge in [-0.2, -0.15) is 5.10 Å². The van der Waals surface area contributed by atoms with Crippen LogP contribution < -0.4 is 20.1 Å². The minimum absolute atomic E-state index is 0.140. The number of H-pyrrole nitrogens is 1. The second-order valence-electron chi connectivity index (χ2n) is 10.1. The van der Waals surface area contributed by atoms with Gasteiger partial charge in [-0.15, -0.1) is 0 Å². The Kier molecular flexibility index (Phi) is 9.65. The van der Waals surface area contributed by atoms with Gasteiger partial charge < -0.3 is 30.1 Å². The lowest BCUT2D eigenvalue weighted by Crippen LogP contribution is -2.35. The van der Waals surface area contributed by atoms with Gasteiger partial charge in [0.1, 0.15) is 12.1 Å². The molecule has 0 saturated carbocycles. The minimum atomic E-state index is -0.158. The summed E-state index contributed by atoms with van der Waals surface area (Å²) in [4.78, 5) is 23.7. The zero-order chi connectivity index (χ0) is 28.6. The van der Waals surface area contributed by atoms with Gasteiger partial charge in [0.2, 0.25) is 5.91 Å². The van der Waals surface area contributed by atoms with E-state index in [9.17, 15) is 9.90 Å². The smallest absolute Gasteiger partial charge is 0.230 e. The number of fused-ring (bicyclic) bond motifs is 1. The van der Waals surface area contributed by atoms with Crippen molar-refractivity contribution in [2.24, 2.45) is 5.92 Å². The molecular formula is C29H34BrN7O4. The predicted octanol–water partition coefficient (Wildman–Crippen LogP) is 4.52. The molecular weight excluding hydrogens is 590 g/mol. The number of hydrogen-bond acceptors (Lipinski definition) is 9. The molecule has 0 atom stereocenters. The highest BCUT2D eigenvalue weighted by atomic mass is 79.9. The first-order chi connectivity index (χ1) is 20.0. The summed E-state index contributed by atoms with van der Waals surface area (Å²) < 4.78 is 12.6. The number of benzene rings is 2. The minimum Gasteiger partial charge on any atom is -0.493 e. The van der Waals surface area contributed by atoms with Crippen molar-refractivity contribution in [3.63, 3.8) is 0 Å². The van der Waals surface area contributed by atoms with Gasteiger partial charge >= 0.3 is 0 Å². The van der Waals surface area contributed by atoms with E-state index in [0.717, 1.165) is 48.8 Å². The Hall–Kier alpha value is -3.74. The van der Waals surface area contributed by atoms with Crippen LogP contribution in [0.3, 0.4) is 0 Å². The summed E-state index contributed by atoms with van der Waals surface area (Å²) in [7, 11) is 1.61. The Morgan fingerprint density at radius 1 is 1.17 bits per heavy atom. The third-order valence-electron chi connectivity index (χ3n) is 7.10. The number of nitrogens with zero attached hydrogens (tertiary/aromatic N) is 4. The number of ether oxygens (including phenoxy) is 2. The molecule has 11 nitrogen and oxygen atoms in total. The molecule has 0 aliphatic carbocycles. The zero-order valence-electron chi connectivity index (χ0n) is 22.9. The fourth-order valence-corrected chi connectivity index (χ4v) is 5.28. The van der Waals surface area contributed by atoms with Gasteiger partial charge in [0.25, 0.3) is 0 Å². The summed E-state index contributed by atoms with van der Waals surface area (Å²) in [6.45, 7) is 3.85. The fourth-order valence-electron chi connectivity index (χ4n) is 4.88. The van der Waals surface area contributed by atoms with Gasteiger partial charge in [-0.3, -0.25) is 9.89 Å². The monoisotopic (exact) mass is 623 g/mol. The van der Waals surface area contributed by atoms with E-state index in [1.54, 1.807) is 13.2 Å². The molecule has 12 heteroatoms. The highest BCUT2D eigenvalue weighted by Gasteiger charge is 2.18. The number of aromatic amines is 1. The molecule has 1 amide bonds. The molecule has 1 saturated heterocycles. The standard InChI is InChI=1S/C29H34BrN7O4/c1-40-25-15-23-24(16-26(25)41-11-3-8-37-9-6-19(17-38)7-10-37)31-18-32-29(23)34-27-13-22(35-36-27)14-28(39)33-21-5-2-4-20(30)12-21/h2,4-5,12-13,15-16,18-19,38H,3,6-11,14,17H2,1H3,(H,33,39)(H2,31,32,34,35,36). The molecule has 0 bridgehead atoms. The average molecular weight is 625 g/mol. The Morgan fingerprint density at radius 2 is 2.02 bits per heavy atom. The summed E-state index contributed by atoms with van der Waals surface area (Å²) in [6, 6.07) is 12.9. The van der Waals surface area contributed by atoms with Crippen LogP contribution in [0.2, 0.25) is 0 Å². The van der Waals surface area contributed by atoms with E-state index < -0.39 is 0 Å². The van der Waals surface area contributed by atoms with Crippen LogP contribution in [-0.4, -0.2) is 76.0 Å². The van der Waals surface area contributed by atoms with Crippen LogP contribution >= 0.6 is 15.9 Å². The van der Waals surface area contributed by atoms with E-state index in [-0.39, 0.29) is 18.9 Å². The van der Waals surface area contributed by atoms with Gasteiger partial charge in [0, 0.05) is 46.5 Å². The number of anilines is 3. The second-order valence-corrected chi connectivity index (χ2v) is 11.0. The maximum Gasteiger partial charge on any atom is 0.230 e. The number of methoxy groups -OCH3 is 1. The largest absolute Gasteiger partial charge is 0.493 e. The van der Waals surface area contributed by atoms with E-state index in [1.165, 1.54) is 6.33 Å². The molecule has 2 aromatic carbocycles. The Morgan fingerprint density at radius 3 is 2.80 bits per heavy atom. The van der Waals surface area contributed by atoms with Gasteiger partial charge in [0.15, 0.2) is 17.3 Å². The summed E-state index contributed by atoms with van der Waals surface area (Å²) in [6.07, 6.45) is 4.61. The maximum atomic E-state index is 12.5. The predicted molar refractivity (Wildman–Crippen MR) is 161 cm³/mol.